The molecule has 0 aromatic heterocycles. The molecule has 0 saturated carbocycles. The lowest BCUT2D eigenvalue weighted by Gasteiger charge is -2.26. The first-order valence-corrected chi connectivity index (χ1v) is 7.65. The van der Waals surface area contributed by atoms with Crippen LogP contribution in [-0.4, -0.2) is 29.1 Å². The van der Waals surface area contributed by atoms with E-state index in [2.05, 4.69) is 0 Å². The van der Waals surface area contributed by atoms with E-state index in [0.717, 1.165) is 9.13 Å². The Morgan fingerprint density at radius 3 is 2.27 bits per heavy atom. The molecule has 0 fully saturated rings. The largest absolute Gasteiger partial charge is 0.477 e. The Kier molecular flexibility index (Phi) is 5.89. The van der Waals surface area contributed by atoms with Crippen molar-refractivity contribution in [2.45, 2.75) is 39.7 Å². The summed E-state index contributed by atoms with van der Waals surface area (Å²) in [5.41, 5.74) is 1.56. The number of carbonyl (C=O) groups is 2. The summed E-state index contributed by atoms with van der Waals surface area (Å²) in [4.78, 5) is 22.9. The molecule has 0 bridgehead atoms. The molecule has 122 valence electrons. The molecule has 0 spiro atoms. The van der Waals surface area contributed by atoms with E-state index in [1.165, 1.54) is 19.9 Å². The van der Waals surface area contributed by atoms with Crippen LogP contribution in [0.5, 0.6) is 0 Å². The van der Waals surface area contributed by atoms with Crippen molar-refractivity contribution in [1.82, 2.24) is 0 Å². The number of carboxylic acids is 1. The van der Waals surface area contributed by atoms with Crippen LogP contribution >= 0.6 is 22.6 Å². The number of carbonyl (C=O) groups excluding carboxylic acids is 1. The van der Waals surface area contributed by atoms with Crippen LogP contribution in [0.3, 0.4) is 0 Å². The molecular weight excluding hydrogens is 409 g/mol. The van der Waals surface area contributed by atoms with Crippen LogP contribution < -0.4 is 0 Å². The van der Waals surface area contributed by atoms with Crippen molar-refractivity contribution in [2.24, 2.45) is 5.92 Å². The van der Waals surface area contributed by atoms with Crippen molar-refractivity contribution >= 4 is 34.5 Å². The molecule has 1 unspecified atom stereocenters. The molecule has 22 heavy (non-hydrogen) atoms. The zero-order valence-corrected chi connectivity index (χ0v) is 14.8. The van der Waals surface area contributed by atoms with Crippen molar-refractivity contribution in [2.75, 3.05) is 0 Å². The molecule has 1 aromatic rings. The minimum absolute atomic E-state index is 0.163. The molecule has 1 atom stereocenters. The van der Waals surface area contributed by atoms with Crippen molar-refractivity contribution in [3.63, 3.8) is 0 Å². The molecule has 0 aliphatic carbocycles. The van der Waals surface area contributed by atoms with Crippen molar-refractivity contribution in [1.29, 1.82) is 0 Å². The van der Waals surface area contributed by atoms with Gasteiger partial charge in [0.1, 0.15) is 0 Å². The van der Waals surface area contributed by atoms with Crippen LogP contribution in [0.25, 0.3) is 0 Å². The van der Waals surface area contributed by atoms with Gasteiger partial charge >= 0.3 is 17.9 Å². The Morgan fingerprint density at radius 1 is 1.27 bits per heavy atom. The first-order valence-electron chi connectivity index (χ1n) is 6.57. The molecular formula is C15H17F2IO4. The molecule has 1 aromatic carbocycles. The van der Waals surface area contributed by atoms with Gasteiger partial charge in [-0.3, -0.25) is 0 Å². The van der Waals surface area contributed by atoms with Gasteiger partial charge < -0.3 is 9.84 Å². The van der Waals surface area contributed by atoms with Gasteiger partial charge in [0.05, 0.1) is 5.56 Å². The number of aryl methyl sites for hydroxylation is 1. The third-order valence-electron chi connectivity index (χ3n) is 3.19. The first-order chi connectivity index (χ1) is 9.98. The molecule has 0 heterocycles. The fraction of sp³-hybridized carbons (Fsp3) is 0.467. The fourth-order valence-corrected chi connectivity index (χ4v) is 2.74. The van der Waals surface area contributed by atoms with E-state index in [1.807, 2.05) is 28.7 Å². The second-order valence-electron chi connectivity index (χ2n) is 5.42. The standard InChI is InChI=1S/C15H17F2IO4/c1-7(2)12(15(16,17)14(20)21)22-13(19)10-5-8(3)6-11(18)9(10)4/h5-7,12H,1-4H3,(H,20,21). The SMILES string of the molecule is Cc1cc(I)c(C)c(C(=O)OC(C(C)C)C(F)(F)C(=O)O)c1. The zero-order chi connectivity index (χ0) is 17.2. The lowest BCUT2D eigenvalue weighted by molar-refractivity contribution is -0.187. The Labute approximate surface area is 141 Å². The maximum Gasteiger partial charge on any atom is 0.378 e. The quantitative estimate of drug-likeness (QED) is 0.575. The van der Waals surface area contributed by atoms with Crippen molar-refractivity contribution in [3.8, 4) is 0 Å². The number of hydrogen-bond donors (Lipinski definition) is 1. The average molecular weight is 426 g/mol. The Morgan fingerprint density at radius 2 is 1.82 bits per heavy atom. The van der Waals surface area contributed by atoms with Gasteiger partial charge in [0.25, 0.3) is 0 Å². The van der Waals surface area contributed by atoms with Gasteiger partial charge in [0.15, 0.2) is 6.10 Å². The van der Waals surface area contributed by atoms with Crippen LogP contribution in [0, 0.1) is 23.3 Å². The maximum absolute atomic E-state index is 13.7. The number of rotatable bonds is 5. The third-order valence-corrected chi connectivity index (χ3v) is 4.31. The smallest absolute Gasteiger partial charge is 0.378 e. The summed E-state index contributed by atoms with van der Waals surface area (Å²) >= 11 is 2.03. The Hall–Kier alpha value is -1.25. The summed E-state index contributed by atoms with van der Waals surface area (Å²) in [6, 6.07) is 3.38. The van der Waals surface area contributed by atoms with Gasteiger partial charge in [-0.2, -0.15) is 8.78 Å². The molecule has 1 rings (SSSR count). The maximum atomic E-state index is 13.7. The van der Waals surface area contributed by atoms with E-state index in [0.29, 0.717) is 5.56 Å². The summed E-state index contributed by atoms with van der Waals surface area (Å²) in [7, 11) is 0. The highest BCUT2D eigenvalue weighted by molar-refractivity contribution is 14.1. The first kappa shape index (κ1) is 18.8. The number of hydrogen-bond acceptors (Lipinski definition) is 3. The highest BCUT2D eigenvalue weighted by Gasteiger charge is 2.51. The minimum atomic E-state index is -4.14. The van der Waals surface area contributed by atoms with Crippen LogP contribution in [0.15, 0.2) is 12.1 Å². The molecule has 0 saturated heterocycles. The minimum Gasteiger partial charge on any atom is -0.477 e. The van der Waals surface area contributed by atoms with Crippen molar-refractivity contribution < 1.29 is 28.2 Å². The molecule has 4 nitrogen and oxygen atoms in total. The lowest BCUT2D eigenvalue weighted by Crippen LogP contribution is -2.47. The summed E-state index contributed by atoms with van der Waals surface area (Å²) in [6.45, 7) is 6.20. The van der Waals surface area contributed by atoms with Crippen LogP contribution in [0.2, 0.25) is 0 Å². The number of aliphatic carboxylic acids is 1. The summed E-state index contributed by atoms with van der Waals surface area (Å²) in [5.74, 6) is -8.25. The second-order valence-corrected chi connectivity index (χ2v) is 6.58. The fourth-order valence-electron chi connectivity index (χ4n) is 1.96. The molecule has 0 aliphatic rings. The normalized spacial score (nSPS) is 13.1. The summed E-state index contributed by atoms with van der Waals surface area (Å²) in [5, 5.41) is 8.64. The zero-order valence-electron chi connectivity index (χ0n) is 12.6. The number of halogens is 3. The van der Waals surface area contributed by atoms with Crippen LogP contribution in [0.4, 0.5) is 8.78 Å². The topological polar surface area (TPSA) is 63.6 Å². The van der Waals surface area contributed by atoms with E-state index in [4.69, 9.17) is 9.84 Å². The molecule has 7 heteroatoms. The van der Waals surface area contributed by atoms with Gasteiger partial charge in [0.2, 0.25) is 0 Å². The Bertz CT molecular complexity index is 599. The molecule has 0 amide bonds. The van der Waals surface area contributed by atoms with E-state index in [1.54, 1.807) is 13.8 Å². The van der Waals surface area contributed by atoms with E-state index in [-0.39, 0.29) is 5.56 Å². The molecule has 0 radical (unpaired) electrons. The molecule has 1 N–H and O–H groups in total. The Balaban J connectivity index is 3.16. The van der Waals surface area contributed by atoms with Crippen molar-refractivity contribution in [3.05, 3.63) is 32.4 Å². The third kappa shape index (κ3) is 3.93. The lowest BCUT2D eigenvalue weighted by atomic mass is 10.00. The highest BCUT2D eigenvalue weighted by Crippen LogP contribution is 2.29. The van der Waals surface area contributed by atoms with E-state index in [9.17, 15) is 18.4 Å². The summed E-state index contributed by atoms with van der Waals surface area (Å²) < 4.78 is 33.1. The number of ether oxygens (including phenoxy) is 1. The highest BCUT2D eigenvalue weighted by atomic mass is 127. The number of esters is 1. The average Bonchev–Trinajstić information content (AvgIpc) is 2.38. The number of carboxylic acid groups (broad SMARTS) is 1. The van der Waals surface area contributed by atoms with Gasteiger partial charge in [-0.1, -0.05) is 13.8 Å². The predicted molar refractivity (Wildman–Crippen MR) is 85.3 cm³/mol. The van der Waals surface area contributed by atoms with Crippen LogP contribution in [0.1, 0.15) is 35.3 Å². The molecule has 0 aliphatic heterocycles. The van der Waals surface area contributed by atoms with Gasteiger partial charge in [-0.15, -0.1) is 0 Å². The monoisotopic (exact) mass is 426 g/mol. The van der Waals surface area contributed by atoms with Crippen LogP contribution in [-0.2, 0) is 9.53 Å². The predicted octanol–water partition coefficient (Wildman–Crippen LogP) is 3.81. The van der Waals surface area contributed by atoms with Gasteiger partial charge in [-0.25, -0.2) is 9.59 Å². The van der Waals surface area contributed by atoms with Gasteiger partial charge in [0, 0.05) is 3.57 Å². The summed E-state index contributed by atoms with van der Waals surface area (Å²) in [6.07, 6.45) is -2.03. The second kappa shape index (κ2) is 6.89. The van der Waals surface area contributed by atoms with Gasteiger partial charge in [-0.05, 0) is 65.6 Å². The number of benzene rings is 1. The van der Waals surface area contributed by atoms with E-state index >= 15 is 0 Å². The van der Waals surface area contributed by atoms with E-state index < -0.39 is 29.9 Å². The number of alkyl halides is 2.